The first-order chi connectivity index (χ1) is 30.4. The van der Waals surface area contributed by atoms with Gasteiger partial charge in [-0.1, -0.05) is 127 Å². The molecule has 0 radical (unpaired) electrons. The summed E-state index contributed by atoms with van der Waals surface area (Å²) in [6.45, 7) is 0. The van der Waals surface area contributed by atoms with E-state index >= 15 is 4.39 Å². The van der Waals surface area contributed by atoms with Crippen LogP contribution in [-0.4, -0.2) is 0 Å². The molecule has 0 heterocycles. The van der Waals surface area contributed by atoms with E-state index in [9.17, 15) is 26.3 Å². The van der Waals surface area contributed by atoms with Crippen LogP contribution in [0.4, 0.5) is 30.7 Å². The minimum atomic E-state index is -4.56. The molecule has 0 amide bonds. The molecule has 0 nitrogen and oxygen atoms in total. The van der Waals surface area contributed by atoms with Crippen LogP contribution in [0.5, 0.6) is 0 Å². The zero-order chi connectivity index (χ0) is 43.2. The highest BCUT2D eigenvalue weighted by molar-refractivity contribution is 6.29. The molecule has 0 unspecified atom stereocenters. The lowest BCUT2D eigenvalue weighted by Crippen LogP contribution is -2.04. The van der Waals surface area contributed by atoms with Gasteiger partial charge in [0.1, 0.15) is 5.82 Å². The standard InChI is InChI=1S/C56H31F7/c57-40-21-24-42-37(27-40)31-50(46-18-6-4-16-44(42)46)54-48-23-20-34(32-10-7-12-38(25-32)55(58,59)60)28-51(48)53(49-30-36-9-1-2-14-41(36)43-15-3-5-17-45(43)49)47-22-19-35(29-52(47)54)33-11-8-13-39(26-33)56(61,62)63/h1-31H. The van der Waals surface area contributed by atoms with Gasteiger partial charge < -0.3 is 0 Å². The molecule has 0 bridgehead atoms. The minimum Gasteiger partial charge on any atom is -0.207 e. The van der Waals surface area contributed by atoms with Crippen molar-refractivity contribution >= 4 is 64.6 Å². The number of hydrogen-bond acceptors (Lipinski definition) is 0. The summed E-state index contributed by atoms with van der Waals surface area (Å²) in [5, 5.41) is 10.3. The number of hydrogen-bond donors (Lipinski definition) is 0. The third-order valence-electron chi connectivity index (χ3n) is 12.3. The summed E-state index contributed by atoms with van der Waals surface area (Å²) in [5.74, 6) is -0.408. The van der Waals surface area contributed by atoms with Crippen LogP contribution in [-0.2, 0) is 12.4 Å². The van der Waals surface area contributed by atoms with Gasteiger partial charge in [0, 0.05) is 0 Å². The summed E-state index contributed by atoms with van der Waals surface area (Å²) in [5.41, 5.74) is 3.55. The molecule has 0 aliphatic carbocycles. The molecule has 304 valence electrons. The zero-order valence-corrected chi connectivity index (χ0v) is 33.0. The maximum absolute atomic E-state index is 15.1. The first kappa shape index (κ1) is 38.4. The molecular weight excluding hydrogens is 806 g/mol. The van der Waals surface area contributed by atoms with Gasteiger partial charge in [-0.25, -0.2) is 4.39 Å². The second kappa shape index (κ2) is 14.3. The number of halogens is 7. The molecule has 0 aliphatic rings. The molecule has 0 spiro atoms. The number of fused-ring (bicyclic) bond motifs is 8. The lowest BCUT2D eigenvalue weighted by Gasteiger charge is -2.22. The van der Waals surface area contributed by atoms with E-state index in [2.05, 4.69) is 24.3 Å². The highest BCUT2D eigenvalue weighted by atomic mass is 19.4. The monoisotopic (exact) mass is 836 g/mol. The largest absolute Gasteiger partial charge is 0.416 e. The molecule has 0 fully saturated rings. The van der Waals surface area contributed by atoms with Crippen molar-refractivity contribution in [1.29, 1.82) is 0 Å². The highest BCUT2D eigenvalue weighted by Crippen LogP contribution is 2.50. The molecule has 11 aromatic carbocycles. The van der Waals surface area contributed by atoms with Crippen LogP contribution in [0.3, 0.4) is 0 Å². The fourth-order valence-electron chi connectivity index (χ4n) is 9.47. The molecule has 0 saturated heterocycles. The topological polar surface area (TPSA) is 0 Å². The number of rotatable bonds is 4. The van der Waals surface area contributed by atoms with E-state index in [1.165, 1.54) is 24.3 Å². The molecule has 0 aromatic heterocycles. The van der Waals surface area contributed by atoms with Gasteiger partial charge >= 0.3 is 12.4 Å². The van der Waals surface area contributed by atoms with E-state index in [1.54, 1.807) is 18.2 Å². The lowest BCUT2D eigenvalue weighted by molar-refractivity contribution is -0.138. The third-order valence-corrected chi connectivity index (χ3v) is 12.3. The van der Waals surface area contributed by atoms with Gasteiger partial charge in [0.15, 0.2) is 0 Å². The number of alkyl halides is 6. The van der Waals surface area contributed by atoms with Gasteiger partial charge in [0.2, 0.25) is 0 Å². The van der Waals surface area contributed by atoms with E-state index < -0.39 is 29.3 Å². The van der Waals surface area contributed by atoms with Crippen LogP contribution in [0, 0.1) is 5.82 Å². The fraction of sp³-hybridized carbons (Fsp3) is 0.0357. The van der Waals surface area contributed by atoms with Gasteiger partial charge in [0.25, 0.3) is 0 Å². The molecule has 0 atom stereocenters. The molecule has 63 heavy (non-hydrogen) atoms. The van der Waals surface area contributed by atoms with Crippen molar-refractivity contribution in [3.8, 4) is 44.5 Å². The van der Waals surface area contributed by atoms with E-state index in [1.807, 2.05) is 97.1 Å². The molecule has 11 aromatic rings. The molecule has 7 heteroatoms. The summed E-state index contributed by atoms with van der Waals surface area (Å²) in [6, 6.07) is 54.7. The third kappa shape index (κ3) is 6.46. The summed E-state index contributed by atoms with van der Waals surface area (Å²) in [6.07, 6.45) is -9.12. The Labute approximate surface area is 356 Å². The average molecular weight is 837 g/mol. The number of benzene rings is 11. The Kier molecular flexibility index (Phi) is 8.71. The molecular formula is C56H31F7. The van der Waals surface area contributed by atoms with Crippen LogP contribution in [0.15, 0.2) is 188 Å². The minimum absolute atomic E-state index is 0.376. The smallest absolute Gasteiger partial charge is 0.207 e. The predicted octanol–water partition coefficient (Wildman–Crippen LogP) is 17.5. The highest BCUT2D eigenvalue weighted by Gasteiger charge is 2.32. The Bertz CT molecular complexity index is 3670. The van der Waals surface area contributed by atoms with Crippen LogP contribution >= 0.6 is 0 Å². The second-order valence-corrected chi connectivity index (χ2v) is 16.0. The molecule has 0 aliphatic heterocycles. The average Bonchev–Trinajstić information content (AvgIpc) is 3.29. The van der Waals surface area contributed by atoms with Crippen molar-refractivity contribution in [2.75, 3.05) is 0 Å². The Morgan fingerprint density at radius 3 is 1.19 bits per heavy atom. The first-order valence-corrected chi connectivity index (χ1v) is 20.3. The second-order valence-electron chi connectivity index (χ2n) is 16.0. The van der Waals surface area contributed by atoms with Crippen molar-refractivity contribution in [3.05, 3.63) is 205 Å². The summed E-state index contributed by atoms with van der Waals surface area (Å²) < 4.78 is 99.9. The van der Waals surface area contributed by atoms with E-state index in [0.717, 1.165) is 106 Å². The fourth-order valence-corrected chi connectivity index (χ4v) is 9.47. The Hall–Kier alpha value is -7.51. The van der Waals surface area contributed by atoms with E-state index in [0.29, 0.717) is 27.6 Å². The van der Waals surface area contributed by atoms with Gasteiger partial charge in [-0.3, -0.25) is 0 Å². The van der Waals surface area contributed by atoms with Gasteiger partial charge in [-0.15, -0.1) is 0 Å². The quantitative estimate of drug-likeness (QED) is 0.0941. The van der Waals surface area contributed by atoms with Crippen molar-refractivity contribution < 1.29 is 30.7 Å². The molecule has 0 saturated carbocycles. The van der Waals surface area contributed by atoms with Crippen molar-refractivity contribution in [2.24, 2.45) is 0 Å². The molecule has 11 rings (SSSR count). The van der Waals surface area contributed by atoms with E-state index in [-0.39, 0.29) is 0 Å². The molecule has 0 N–H and O–H groups in total. The van der Waals surface area contributed by atoms with Crippen molar-refractivity contribution in [2.45, 2.75) is 12.4 Å². The van der Waals surface area contributed by atoms with Crippen LogP contribution in [0.25, 0.3) is 109 Å². The van der Waals surface area contributed by atoms with Crippen molar-refractivity contribution in [3.63, 3.8) is 0 Å². The summed E-state index contributed by atoms with van der Waals surface area (Å²) in [7, 11) is 0. The normalized spacial score (nSPS) is 12.4. The van der Waals surface area contributed by atoms with Crippen LogP contribution < -0.4 is 0 Å². The first-order valence-electron chi connectivity index (χ1n) is 20.3. The Balaban J connectivity index is 1.34. The maximum Gasteiger partial charge on any atom is 0.416 e. The van der Waals surface area contributed by atoms with Crippen molar-refractivity contribution in [1.82, 2.24) is 0 Å². The van der Waals surface area contributed by atoms with Gasteiger partial charge in [-0.2, -0.15) is 26.3 Å². The van der Waals surface area contributed by atoms with Crippen LogP contribution in [0.1, 0.15) is 11.1 Å². The SMILES string of the molecule is Fc1ccc2c(c1)cc(-c1c3ccc(-c4cccc(C(F)(F)F)c4)cc3c(-c3cc4ccccc4c4ccccc34)c3ccc(-c4cccc(C(F)(F)F)c4)cc13)c1ccccc12. The Morgan fingerprint density at radius 1 is 0.270 bits per heavy atom. The summed E-state index contributed by atoms with van der Waals surface area (Å²) >= 11 is 0. The maximum atomic E-state index is 15.1. The Morgan fingerprint density at radius 2 is 0.683 bits per heavy atom. The van der Waals surface area contributed by atoms with Gasteiger partial charge in [-0.05, 0) is 170 Å². The van der Waals surface area contributed by atoms with Gasteiger partial charge in [0.05, 0.1) is 11.1 Å². The van der Waals surface area contributed by atoms with Crippen LogP contribution in [0.2, 0.25) is 0 Å². The lowest BCUT2D eigenvalue weighted by atomic mass is 9.81. The van der Waals surface area contributed by atoms with E-state index in [4.69, 9.17) is 0 Å². The zero-order valence-electron chi connectivity index (χ0n) is 33.0. The predicted molar refractivity (Wildman–Crippen MR) is 243 cm³/mol. The summed E-state index contributed by atoms with van der Waals surface area (Å²) in [4.78, 5) is 0.